The number of hydrogen-bond donors (Lipinski definition) is 0. The zero-order valence-electron chi connectivity index (χ0n) is 8.96. The number of fused-ring (bicyclic) bond motifs is 1. The van der Waals surface area contributed by atoms with Gasteiger partial charge in [0, 0.05) is 17.5 Å². The van der Waals surface area contributed by atoms with Crippen molar-refractivity contribution in [2.24, 2.45) is 9.98 Å². The highest BCUT2D eigenvalue weighted by molar-refractivity contribution is 8.16. The second kappa shape index (κ2) is 4.20. The molecule has 1 aromatic rings. The van der Waals surface area contributed by atoms with Crippen LogP contribution in [0.1, 0.15) is 5.56 Å². The number of amidine groups is 1. The van der Waals surface area contributed by atoms with Crippen LogP contribution < -0.4 is 0 Å². The van der Waals surface area contributed by atoms with Crippen molar-refractivity contribution in [1.29, 1.82) is 0 Å². The van der Waals surface area contributed by atoms with Crippen LogP contribution in [0, 0.1) is 0 Å². The Morgan fingerprint density at radius 3 is 3.29 bits per heavy atom. The van der Waals surface area contributed by atoms with Gasteiger partial charge >= 0.3 is 0 Å². The van der Waals surface area contributed by atoms with Crippen LogP contribution in [0.4, 0.5) is 5.69 Å². The molecule has 0 bridgehead atoms. The minimum atomic E-state index is 0.632. The number of isocyanates is 1. The van der Waals surface area contributed by atoms with Gasteiger partial charge in [0.15, 0.2) is 5.17 Å². The van der Waals surface area contributed by atoms with E-state index >= 15 is 0 Å². The van der Waals surface area contributed by atoms with Crippen molar-refractivity contribution in [2.45, 2.75) is 0 Å². The van der Waals surface area contributed by atoms with E-state index in [9.17, 15) is 4.79 Å². The molecule has 0 unspecified atom stereocenters. The zero-order valence-corrected chi connectivity index (χ0v) is 9.78. The smallest absolute Gasteiger partial charge is 0.240 e. The average Bonchev–Trinajstić information content (AvgIpc) is 2.91. The molecule has 0 saturated carbocycles. The third-order valence-corrected chi connectivity index (χ3v) is 3.59. The Labute approximate surface area is 103 Å². The Hall–Kier alpha value is -1.84. The lowest BCUT2D eigenvalue weighted by Gasteiger charge is -2.16. The predicted molar refractivity (Wildman–Crippen MR) is 68.8 cm³/mol. The Kier molecular flexibility index (Phi) is 2.55. The maximum atomic E-state index is 10.2. The molecular formula is C12H9N3OS. The van der Waals surface area contributed by atoms with Crippen LogP contribution >= 0.6 is 11.8 Å². The van der Waals surface area contributed by atoms with Crippen molar-refractivity contribution in [3.05, 3.63) is 35.2 Å². The average molecular weight is 243 g/mol. The van der Waals surface area contributed by atoms with E-state index in [-0.39, 0.29) is 0 Å². The third kappa shape index (κ3) is 1.79. The number of rotatable bonds is 2. The van der Waals surface area contributed by atoms with Crippen LogP contribution in [0.25, 0.3) is 5.70 Å². The quantitative estimate of drug-likeness (QED) is 0.591. The van der Waals surface area contributed by atoms with Gasteiger partial charge in [-0.05, 0) is 12.1 Å². The Balaban J connectivity index is 1.97. The zero-order chi connectivity index (χ0) is 11.7. The summed E-state index contributed by atoms with van der Waals surface area (Å²) >= 11 is 1.64. The summed E-state index contributed by atoms with van der Waals surface area (Å²) in [6.45, 7) is 1.78. The van der Waals surface area contributed by atoms with Crippen molar-refractivity contribution in [3.8, 4) is 0 Å². The summed E-state index contributed by atoms with van der Waals surface area (Å²) in [6, 6.07) is 7.58. The van der Waals surface area contributed by atoms with Gasteiger partial charge in [-0.3, -0.25) is 4.99 Å². The van der Waals surface area contributed by atoms with Gasteiger partial charge in [-0.1, -0.05) is 23.9 Å². The first kappa shape index (κ1) is 10.3. The lowest BCUT2D eigenvalue weighted by atomic mass is 10.1. The summed E-state index contributed by atoms with van der Waals surface area (Å²) in [7, 11) is 0. The van der Waals surface area contributed by atoms with E-state index in [2.05, 4.69) is 20.3 Å². The van der Waals surface area contributed by atoms with Gasteiger partial charge in [0.05, 0.1) is 17.9 Å². The molecule has 84 valence electrons. The fraction of sp³-hybridized carbons (Fsp3) is 0.167. The van der Waals surface area contributed by atoms with Crippen LogP contribution in [0.5, 0.6) is 0 Å². The molecule has 0 aromatic heterocycles. The van der Waals surface area contributed by atoms with E-state index in [1.165, 1.54) is 0 Å². The molecule has 0 fully saturated rings. The Morgan fingerprint density at radius 1 is 1.47 bits per heavy atom. The largest absolute Gasteiger partial charge is 0.318 e. The number of nitrogens with zero attached hydrogens (tertiary/aromatic N) is 3. The first-order valence-corrected chi connectivity index (χ1v) is 6.13. The highest BCUT2D eigenvalue weighted by Crippen LogP contribution is 2.35. The van der Waals surface area contributed by atoms with Crippen LogP contribution in [-0.4, -0.2) is 29.2 Å². The molecule has 1 aromatic carbocycles. The second-order valence-electron chi connectivity index (χ2n) is 3.69. The van der Waals surface area contributed by atoms with E-state index in [1.54, 1.807) is 23.9 Å². The summed E-state index contributed by atoms with van der Waals surface area (Å²) in [5, 5.41) is 3.14. The van der Waals surface area contributed by atoms with Crippen LogP contribution in [0.15, 0.2) is 39.7 Å². The molecule has 0 radical (unpaired) electrons. The van der Waals surface area contributed by atoms with Gasteiger partial charge in [-0.15, -0.1) is 0 Å². The van der Waals surface area contributed by atoms with E-state index < -0.39 is 0 Å². The van der Waals surface area contributed by atoms with Crippen LogP contribution in [0.3, 0.4) is 0 Å². The first-order chi connectivity index (χ1) is 8.38. The highest BCUT2D eigenvalue weighted by Gasteiger charge is 2.26. The van der Waals surface area contributed by atoms with Crippen molar-refractivity contribution < 1.29 is 4.79 Å². The number of aliphatic imine (C=N–C) groups is 2. The van der Waals surface area contributed by atoms with Gasteiger partial charge in [0.1, 0.15) is 0 Å². The second-order valence-corrected chi connectivity index (χ2v) is 4.53. The molecule has 0 amide bonds. The maximum Gasteiger partial charge on any atom is 0.240 e. The summed E-state index contributed by atoms with van der Waals surface area (Å²) in [6.07, 6.45) is 1.56. The van der Waals surface area contributed by atoms with Crippen LogP contribution in [-0.2, 0) is 4.79 Å². The van der Waals surface area contributed by atoms with Crippen molar-refractivity contribution in [2.75, 3.05) is 13.1 Å². The predicted octanol–water partition coefficient (Wildman–Crippen LogP) is 2.37. The molecule has 0 aliphatic carbocycles. The molecule has 0 spiro atoms. The number of thioether (sulfide) groups is 1. The minimum absolute atomic E-state index is 0.632. The van der Waals surface area contributed by atoms with Crippen LogP contribution in [0.2, 0.25) is 0 Å². The number of benzene rings is 1. The molecule has 0 atom stereocenters. The number of hydrogen-bond acceptors (Lipinski definition) is 5. The molecule has 3 rings (SSSR count). The first-order valence-electron chi connectivity index (χ1n) is 5.25. The van der Waals surface area contributed by atoms with Gasteiger partial charge in [-0.2, -0.15) is 4.99 Å². The minimum Gasteiger partial charge on any atom is -0.318 e. The standard InChI is InChI=1S/C12H9N3OS/c16-8-14-10-3-1-2-9(6-10)11-7-17-12-13-4-5-15(11)12/h1-3,6-7H,4-5H2. The molecule has 5 heteroatoms. The molecule has 2 aliphatic rings. The third-order valence-electron chi connectivity index (χ3n) is 2.68. The SMILES string of the molecule is O=C=Nc1cccc(C2=CSC3=NCCN23)c1. The van der Waals surface area contributed by atoms with E-state index in [4.69, 9.17) is 0 Å². The molecule has 4 nitrogen and oxygen atoms in total. The van der Waals surface area contributed by atoms with Gasteiger partial charge in [-0.25, -0.2) is 4.79 Å². The monoisotopic (exact) mass is 243 g/mol. The molecule has 0 N–H and O–H groups in total. The van der Waals surface area contributed by atoms with E-state index in [1.807, 2.05) is 18.2 Å². The number of carbonyl (C=O) groups excluding carboxylic acids is 1. The normalized spacial score (nSPS) is 17.3. The summed E-state index contributed by atoms with van der Waals surface area (Å²) in [4.78, 5) is 20.5. The molecular weight excluding hydrogens is 234 g/mol. The fourth-order valence-corrected chi connectivity index (χ4v) is 2.90. The Bertz CT molecular complexity index is 573. The Morgan fingerprint density at radius 2 is 2.41 bits per heavy atom. The van der Waals surface area contributed by atoms with Crippen molar-refractivity contribution in [1.82, 2.24) is 4.90 Å². The molecule has 0 saturated heterocycles. The van der Waals surface area contributed by atoms with E-state index in [0.717, 1.165) is 29.5 Å². The lowest BCUT2D eigenvalue weighted by molar-refractivity contribution is 0.565. The molecule has 2 aliphatic heterocycles. The molecule has 17 heavy (non-hydrogen) atoms. The summed E-state index contributed by atoms with van der Waals surface area (Å²) in [5.74, 6) is 0. The van der Waals surface area contributed by atoms with Gasteiger partial charge in [0.2, 0.25) is 6.08 Å². The summed E-state index contributed by atoms with van der Waals surface area (Å²) < 4.78 is 0. The molecule has 2 heterocycles. The maximum absolute atomic E-state index is 10.2. The fourth-order valence-electron chi connectivity index (χ4n) is 1.93. The van der Waals surface area contributed by atoms with Gasteiger partial charge < -0.3 is 4.90 Å². The van der Waals surface area contributed by atoms with Crippen molar-refractivity contribution >= 4 is 34.4 Å². The summed E-state index contributed by atoms with van der Waals surface area (Å²) in [5.41, 5.74) is 2.82. The van der Waals surface area contributed by atoms with Gasteiger partial charge in [0.25, 0.3) is 0 Å². The van der Waals surface area contributed by atoms with Crippen molar-refractivity contribution in [3.63, 3.8) is 0 Å². The van der Waals surface area contributed by atoms with E-state index in [0.29, 0.717) is 5.69 Å². The lowest BCUT2D eigenvalue weighted by Crippen LogP contribution is -2.19. The highest BCUT2D eigenvalue weighted by atomic mass is 32.2. The topological polar surface area (TPSA) is 45.0 Å².